The zero-order valence-corrected chi connectivity index (χ0v) is 16.2. The second-order valence-electron chi connectivity index (χ2n) is 7.30. The Bertz CT molecular complexity index is 754. The van der Waals surface area contributed by atoms with E-state index < -0.39 is 44.7 Å². The van der Waals surface area contributed by atoms with Gasteiger partial charge in [0.15, 0.2) is 9.84 Å². The lowest BCUT2D eigenvalue weighted by molar-refractivity contribution is -0.151. The highest BCUT2D eigenvalue weighted by atomic mass is 32.2. The van der Waals surface area contributed by atoms with E-state index in [0.717, 1.165) is 0 Å². The van der Waals surface area contributed by atoms with Crippen molar-refractivity contribution in [2.45, 2.75) is 49.5 Å². The van der Waals surface area contributed by atoms with Gasteiger partial charge >= 0.3 is 12.1 Å². The number of sulfone groups is 1. The predicted octanol–water partition coefficient (Wildman–Crippen LogP) is 2.51. The van der Waals surface area contributed by atoms with Crippen molar-refractivity contribution in [1.82, 2.24) is 5.32 Å². The molecular weight excluding hydrogens is 358 g/mol. The zero-order valence-electron chi connectivity index (χ0n) is 15.4. The minimum atomic E-state index is -3.91. The molecule has 0 saturated heterocycles. The van der Waals surface area contributed by atoms with Crippen LogP contribution in [-0.2, 0) is 24.1 Å². The van der Waals surface area contributed by atoms with Gasteiger partial charge in [0.2, 0.25) is 0 Å². The van der Waals surface area contributed by atoms with Crippen molar-refractivity contribution in [3.8, 4) is 0 Å². The Hall–Kier alpha value is -2.09. The lowest BCUT2D eigenvalue weighted by Gasteiger charge is -2.39. The average Bonchev–Trinajstić information content (AvgIpc) is 2.52. The van der Waals surface area contributed by atoms with Crippen molar-refractivity contribution in [1.29, 1.82) is 0 Å². The minimum absolute atomic E-state index is 0.0802. The topological polar surface area (TPSA) is 98.8 Å². The third-order valence-corrected chi connectivity index (χ3v) is 6.35. The number of alkyl carbamates (subject to hydrolysis) is 1. The summed E-state index contributed by atoms with van der Waals surface area (Å²) in [7, 11) is -2.64. The number of benzene rings is 1. The van der Waals surface area contributed by atoms with Crippen LogP contribution < -0.4 is 5.32 Å². The summed E-state index contributed by atoms with van der Waals surface area (Å²) in [4.78, 5) is 24.2. The molecule has 0 bridgehead atoms. The highest BCUT2D eigenvalue weighted by Crippen LogP contribution is 2.40. The van der Waals surface area contributed by atoms with Crippen molar-refractivity contribution in [2.75, 3.05) is 7.11 Å². The molecule has 2 rings (SSSR count). The Morgan fingerprint density at radius 3 is 2.23 bits per heavy atom. The normalized spacial score (nSPS) is 21.2. The molecule has 1 unspecified atom stereocenters. The lowest BCUT2D eigenvalue weighted by atomic mass is 9.73. The van der Waals surface area contributed by atoms with Crippen LogP contribution in [0.3, 0.4) is 0 Å². The second kappa shape index (κ2) is 7.65. The van der Waals surface area contributed by atoms with Crippen LogP contribution in [0.1, 0.15) is 33.6 Å². The fraction of sp³-hybridized carbons (Fsp3) is 0.556. The van der Waals surface area contributed by atoms with E-state index in [1.807, 2.05) is 0 Å². The standard InChI is InChI=1S/C18H25NO6S/c1-18(2,3)25-17(21)19-15(13-10-11-14(13)16(20)24-4)26(22,23)12-8-6-5-7-9-12/h5-9,13-15H,10-11H2,1-4H3,(H,19,21)/t13-,14-,15?/m0/s1. The van der Waals surface area contributed by atoms with Crippen molar-refractivity contribution in [3.05, 3.63) is 30.3 Å². The van der Waals surface area contributed by atoms with E-state index in [2.05, 4.69) is 5.32 Å². The van der Waals surface area contributed by atoms with E-state index >= 15 is 0 Å². The summed E-state index contributed by atoms with van der Waals surface area (Å²) >= 11 is 0. The number of esters is 1. The van der Waals surface area contributed by atoms with Crippen molar-refractivity contribution < 1.29 is 27.5 Å². The fourth-order valence-corrected chi connectivity index (χ4v) is 4.79. The molecule has 144 valence electrons. The zero-order chi connectivity index (χ0) is 19.5. The van der Waals surface area contributed by atoms with Crippen LogP contribution >= 0.6 is 0 Å². The van der Waals surface area contributed by atoms with E-state index in [9.17, 15) is 18.0 Å². The molecule has 8 heteroatoms. The minimum Gasteiger partial charge on any atom is -0.469 e. The highest BCUT2D eigenvalue weighted by molar-refractivity contribution is 7.92. The van der Waals surface area contributed by atoms with E-state index in [4.69, 9.17) is 9.47 Å². The molecule has 1 aromatic carbocycles. The molecule has 7 nitrogen and oxygen atoms in total. The van der Waals surface area contributed by atoms with Crippen LogP contribution in [0.15, 0.2) is 35.2 Å². The molecule has 1 aliphatic rings. The third-order valence-electron chi connectivity index (χ3n) is 4.29. The fourth-order valence-electron chi connectivity index (χ4n) is 2.93. The van der Waals surface area contributed by atoms with Crippen LogP contribution in [0, 0.1) is 11.8 Å². The number of carbonyl (C=O) groups excluding carboxylic acids is 2. The van der Waals surface area contributed by atoms with E-state index in [1.54, 1.807) is 39.0 Å². The molecule has 0 radical (unpaired) electrons. The largest absolute Gasteiger partial charge is 0.469 e. The van der Waals surface area contributed by atoms with Gasteiger partial charge in [-0.3, -0.25) is 4.79 Å². The van der Waals surface area contributed by atoms with Gasteiger partial charge in [0.05, 0.1) is 17.9 Å². The molecule has 1 N–H and O–H groups in total. The Morgan fingerprint density at radius 2 is 1.77 bits per heavy atom. The molecule has 0 aliphatic heterocycles. The Morgan fingerprint density at radius 1 is 1.15 bits per heavy atom. The molecule has 0 heterocycles. The van der Waals surface area contributed by atoms with E-state index in [-0.39, 0.29) is 4.90 Å². The Balaban J connectivity index is 2.33. The van der Waals surface area contributed by atoms with Gasteiger partial charge in [0, 0.05) is 5.92 Å². The average molecular weight is 383 g/mol. The van der Waals surface area contributed by atoms with Gasteiger partial charge in [0.1, 0.15) is 11.0 Å². The predicted molar refractivity (Wildman–Crippen MR) is 95.0 cm³/mol. The van der Waals surface area contributed by atoms with Crippen LogP contribution in [0.4, 0.5) is 4.79 Å². The Kier molecular flexibility index (Phi) is 5.95. The number of carbonyl (C=O) groups is 2. The van der Waals surface area contributed by atoms with E-state index in [0.29, 0.717) is 12.8 Å². The van der Waals surface area contributed by atoms with Gasteiger partial charge in [-0.15, -0.1) is 0 Å². The Labute approximate surface area is 154 Å². The number of hydrogen-bond acceptors (Lipinski definition) is 6. The van der Waals surface area contributed by atoms with Crippen LogP contribution in [0.25, 0.3) is 0 Å². The monoisotopic (exact) mass is 383 g/mol. The summed E-state index contributed by atoms with van der Waals surface area (Å²) in [5.41, 5.74) is -0.771. The number of nitrogens with one attached hydrogen (secondary N) is 1. The second-order valence-corrected chi connectivity index (χ2v) is 9.37. The number of methoxy groups -OCH3 is 1. The van der Waals surface area contributed by atoms with Gasteiger partial charge in [-0.05, 0) is 45.7 Å². The quantitative estimate of drug-likeness (QED) is 0.785. The van der Waals surface area contributed by atoms with Crippen LogP contribution in [-0.4, -0.2) is 38.6 Å². The first-order valence-corrected chi connectivity index (χ1v) is 9.97. The van der Waals surface area contributed by atoms with Crippen molar-refractivity contribution >= 4 is 21.9 Å². The molecule has 0 aromatic heterocycles. The summed E-state index contributed by atoms with van der Waals surface area (Å²) in [6.07, 6.45) is 0.179. The maximum Gasteiger partial charge on any atom is 0.408 e. The summed E-state index contributed by atoms with van der Waals surface area (Å²) in [5.74, 6) is -1.61. The molecule has 1 fully saturated rings. The van der Waals surface area contributed by atoms with E-state index in [1.165, 1.54) is 19.2 Å². The van der Waals surface area contributed by atoms with Gasteiger partial charge < -0.3 is 14.8 Å². The molecule has 0 spiro atoms. The number of ether oxygens (including phenoxy) is 2. The van der Waals surface area contributed by atoms with Crippen molar-refractivity contribution in [2.24, 2.45) is 11.8 Å². The molecule has 1 saturated carbocycles. The summed E-state index contributed by atoms with van der Waals surface area (Å²) in [5, 5.41) is 1.20. The maximum absolute atomic E-state index is 13.1. The third kappa shape index (κ3) is 4.55. The molecular formula is C18H25NO6S. The first-order valence-electron chi connectivity index (χ1n) is 8.42. The van der Waals surface area contributed by atoms with Gasteiger partial charge in [-0.1, -0.05) is 18.2 Å². The van der Waals surface area contributed by atoms with Crippen LogP contribution in [0.5, 0.6) is 0 Å². The first kappa shape index (κ1) is 20.2. The molecule has 1 aromatic rings. The number of hydrogen-bond donors (Lipinski definition) is 1. The summed E-state index contributed by atoms with van der Waals surface area (Å²) in [6, 6.07) is 7.84. The van der Waals surface area contributed by atoms with Crippen molar-refractivity contribution in [3.63, 3.8) is 0 Å². The lowest BCUT2D eigenvalue weighted by Crippen LogP contribution is -2.54. The highest BCUT2D eigenvalue weighted by Gasteiger charge is 2.48. The van der Waals surface area contributed by atoms with Crippen LogP contribution in [0.2, 0.25) is 0 Å². The van der Waals surface area contributed by atoms with Gasteiger partial charge in [-0.2, -0.15) is 0 Å². The first-order chi connectivity index (χ1) is 12.1. The smallest absolute Gasteiger partial charge is 0.408 e. The molecule has 3 atom stereocenters. The summed E-state index contributed by atoms with van der Waals surface area (Å²) in [6.45, 7) is 5.07. The number of rotatable bonds is 5. The maximum atomic E-state index is 13.1. The van der Waals surface area contributed by atoms with Gasteiger partial charge in [0.25, 0.3) is 0 Å². The van der Waals surface area contributed by atoms with Gasteiger partial charge in [-0.25, -0.2) is 13.2 Å². The SMILES string of the molecule is COC(=O)[C@H]1CC[C@@H]1C(NC(=O)OC(C)(C)C)S(=O)(=O)c1ccccc1. The molecule has 1 amide bonds. The number of amides is 1. The molecule has 1 aliphatic carbocycles. The molecule has 26 heavy (non-hydrogen) atoms. The summed E-state index contributed by atoms with van der Waals surface area (Å²) < 4.78 is 36.2.